The van der Waals surface area contributed by atoms with Gasteiger partial charge in [-0.1, -0.05) is 67.4 Å². The standard InChI is InChI=1S/C18H19Cl2NO3/c1-17(2)14(9-15(19)20)18(17,16(22)24-11-23-3)13(10-21)12-7-5-4-6-8-12/h4-9,13-14H,11H2,1-3H3. The smallest absolute Gasteiger partial charge is 0.317 e. The Morgan fingerprint density at radius 3 is 2.50 bits per heavy atom. The molecule has 1 aliphatic carbocycles. The van der Waals surface area contributed by atoms with E-state index in [1.807, 2.05) is 44.2 Å². The van der Waals surface area contributed by atoms with Crippen molar-refractivity contribution >= 4 is 29.2 Å². The number of ether oxygens (including phenoxy) is 2. The number of halogens is 2. The normalized spacial score (nSPS) is 25.2. The van der Waals surface area contributed by atoms with Crippen molar-refractivity contribution in [2.45, 2.75) is 19.8 Å². The number of rotatable bonds is 6. The van der Waals surface area contributed by atoms with Gasteiger partial charge in [-0.2, -0.15) is 5.26 Å². The second-order valence-corrected chi connectivity index (χ2v) is 7.34. The van der Waals surface area contributed by atoms with Gasteiger partial charge in [0.05, 0.1) is 12.0 Å². The number of nitrogens with zero attached hydrogens (tertiary/aromatic N) is 1. The van der Waals surface area contributed by atoms with E-state index < -0.39 is 22.7 Å². The third kappa shape index (κ3) is 2.93. The van der Waals surface area contributed by atoms with Crippen LogP contribution in [0.3, 0.4) is 0 Å². The van der Waals surface area contributed by atoms with Crippen molar-refractivity contribution in [1.82, 2.24) is 0 Å². The molecular weight excluding hydrogens is 349 g/mol. The van der Waals surface area contributed by atoms with Gasteiger partial charge < -0.3 is 9.47 Å². The summed E-state index contributed by atoms with van der Waals surface area (Å²) in [5.41, 5.74) is -0.858. The van der Waals surface area contributed by atoms with E-state index in [0.29, 0.717) is 0 Å². The van der Waals surface area contributed by atoms with Crippen LogP contribution in [0.4, 0.5) is 0 Å². The molecule has 4 nitrogen and oxygen atoms in total. The minimum Gasteiger partial charge on any atom is -0.438 e. The van der Waals surface area contributed by atoms with E-state index in [-0.39, 0.29) is 17.2 Å². The first-order valence-electron chi connectivity index (χ1n) is 7.47. The Morgan fingerprint density at radius 2 is 2.00 bits per heavy atom. The van der Waals surface area contributed by atoms with Crippen LogP contribution in [-0.2, 0) is 14.3 Å². The van der Waals surface area contributed by atoms with E-state index in [0.717, 1.165) is 5.56 Å². The molecule has 6 heteroatoms. The molecule has 0 aliphatic heterocycles. The van der Waals surface area contributed by atoms with Gasteiger partial charge >= 0.3 is 5.97 Å². The quantitative estimate of drug-likeness (QED) is 0.552. The first-order valence-corrected chi connectivity index (χ1v) is 8.23. The maximum Gasteiger partial charge on any atom is 0.317 e. The van der Waals surface area contributed by atoms with Gasteiger partial charge in [0.25, 0.3) is 0 Å². The number of carbonyl (C=O) groups is 1. The predicted octanol–water partition coefficient (Wildman–Crippen LogP) is 4.40. The molecule has 0 bridgehead atoms. The highest BCUT2D eigenvalue weighted by atomic mass is 35.5. The minimum absolute atomic E-state index is 0.0687. The number of carbonyl (C=O) groups excluding carboxylic acids is 1. The van der Waals surface area contributed by atoms with Crippen LogP contribution >= 0.6 is 23.2 Å². The molecule has 0 amide bonds. The van der Waals surface area contributed by atoms with Gasteiger partial charge in [0.2, 0.25) is 0 Å². The molecular formula is C18H19Cl2NO3. The van der Waals surface area contributed by atoms with Gasteiger partial charge in [-0.05, 0) is 17.1 Å². The van der Waals surface area contributed by atoms with Crippen molar-refractivity contribution in [2.75, 3.05) is 13.9 Å². The van der Waals surface area contributed by atoms with Gasteiger partial charge in [-0.15, -0.1) is 0 Å². The highest BCUT2D eigenvalue weighted by Gasteiger charge is 2.79. The molecule has 0 N–H and O–H groups in total. The summed E-state index contributed by atoms with van der Waals surface area (Å²) in [6.45, 7) is 3.65. The molecule has 1 aliphatic rings. The molecule has 1 aromatic carbocycles. The second-order valence-electron chi connectivity index (χ2n) is 6.34. The van der Waals surface area contributed by atoms with Gasteiger partial charge in [0, 0.05) is 13.0 Å². The summed E-state index contributed by atoms with van der Waals surface area (Å²) in [6.07, 6.45) is 1.62. The number of nitriles is 1. The third-order valence-electron chi connectivity index (χ3n) is 4.91. The third-order valence-corrected chi connectivity index (χ3v) is 5.16. The Hall–Kier alpha value is -1.54. The lowest BCUT2D eigenvalue weighted by Crippen LogP contribution is -2.31. The molecule has 0 aromatic heterocycles. The van der Waals surface area contributed by atoms with E-state index in [1.54, 1.807) is 6.08 Å². The summed E-state index contributed by atoms with van der Waals surface area (Å²) in [4.78, 5) is 12.9. The van der Waals surface area contributed by atoms with Crippen molar-refractivity contribution < 1.29 is 14.3 Å². The molecule has 128 valence electrons. The first kappa shape index (κ1) is 18.8. The van der Waals surface area contributed by atoms with Gasteiger partial charge in [0.15, 0.2) is 6.79 Å². The fraction of sp³-hybridized carbons (Fsp3) is 0.444. The molecule has 1 aromatic rings. The summed E-state index contributed by atoms with van der Waals surface area (Å²) in [5, 5.41) is 9.84. The Labute approximate surface area is 152 Å². The molecule has 0 saturated heterocycles. The van der Waals surface area contributed by atoms with E-state index in [2.05, 4.69) is 6.07 Å². The monoisotopic (exact) mass is 367 g/mol. The summed E-state index contributed by atoms with van der Waals surface area (Å²) in [7, 11) is 1.43. The van der Waals surface area contributed by atoms with Crippen LogP contribution in [0.1, 0.15) is 25.3 Å². The molecule has 3 atom stereocenters. The number of allylic oxidation sites excluding steroid dienone is 1. The van der Waals surface area contributed by atoms with Crippen LogP contribution in [0.25, 0.3) is 0 Å². The van der Waals surface area contributed by atoms with Crippen LogP contribution in [-0.4, -0.2) is 19.9 Å². The van der Waals surface area contributed by atoms with Crippen LogP contribution in [0.2, 0.25) is 0 Å². The van der Waals surface area contributed by atoms with Gasteiger partial charge in [0.1, 0.15) is 9.91 Å². The lowest BCUT2D eigenvalue weighted by atomic mass is 9.78. The summed E-state index contributed by atoms with van der Waals surface area (Å²) < 4.78 is 10.2. The summed E-state index contributed by atoms with van der Waals surface area (Å²) in [5.74, 6) is -1.49. The van der Waals surface area contributed by atoms with Gasteiger partial charge in [-0.3, -0.25) is 4.79 Å². The van der Waals surface area contributed by atoms with Crippen LogP contribution in [0, 0.1) is 28.1 Å². The number of methoxy groups -OCH3 is 1. The Morgan fingerprint density at radius 1 is 1.38 bits per heavy atom. The Kier molecular flexibility index (Phi) is 5.59. The van der Waals surface area contributed by atoms with E-state index >= 15 is 0 Å². The number of benzene rings is 1. The molecule has 24 heavy (non-hydrogen) atoms. The fourth-order valence-electron chi connectivity index (χ4n) is 3.68. The molecule has 1 saturated carbocycles. The van der Waals surface area contributed by atoms with Crippen molar-refractivity contribution in [2.24, 2.45) is 16.7 Å². The topological polar surface area (TPSA) is 59.3 Å². The number of hydrogen-bond donors (Lipinski definition) is 0. The largest absolute Gasteiger partial charge is 0.438 e. The molecule has 0 spiro atoms. The second kappa shape index (κ2) is 7.14. The lowest BCUT2D eigenvalue weighted by molar-refractivity contribution is -0.163. The van der Waals surface area contributed by atoms with Crippen LogP contribution < -0.4 is 0 Å². The van der Waals surface area contributed by atoms with Crippen LogP contribution in [0.5, 0.6) is 0 Å². The maximum absolute atomic E-state index is 12.9. The zero-order valence-corrected chi connectivity index (χ0v) is 15.3. The molecule has 0 radical (unpaired) electrons. The zero-order chi connectivity index (χ0) is 18.0. The van der Waals surface area contributed by atoms with Crippen molar-refractivity contribution in [1.29, 1.82) is 5.26 Å². The number of esters is 1. The van der Waals surface area contributed by atoms with Gasteiger partial charge in [-0.25, -0.2) is 0 Å². The summed E-state index contributed by atoms with van der Waals surface area (Å²) >= 11 is 11.7. The first-order chi connectivity index (χ1) is 11.3. The lowest BCUT2D eigenvalue weighted by Gasteiger charge is -2.24. The highest BCUT2D eigenvalue weighted by molar-refractivity contribution is 6.55. The Bertz CT molecular complexity index is 677. The minimum atomic E-state index is -1.07. The van der Waals surface area contributed by atoms with Crippen molar-refractivity contribution in [3.63, 3.8) is 0 Å². The van der Waals surface area contributed by atoms with E-state index in [4.69, 9.17) is 32.7 Å². The fourth-order valence-corrected chi connectivity index (χ4v) is 3.93. The Balaban J connectivity index is 2.55. The van der Waals surface area contributed by atoms with Crippen molar-refractivity contribution in [3.05, 3.63) is 46.5 Å². The predicted molar refractivity (Wildman–Crippen MR) is 92.3 cm³/mol. The molecule has 3 unspecified atom stereocenters. The number of hydrogen-bond acceptors (Lipinski definition) is 4. The average Bonchev–Trinajstić information content (AvgIpc) is 3.02. The molecule has 0 heterocycles. The SMILES string of the molecule is COCOC(=O)C1(C(C#N)c2ccccc2)C(C=C(Cl)Cl)C1(C)C. The van der Waals surface area contributed by atoms with Crippen molar-refractivity contribution in [3.8, 4) is 6.07 Å². The average molecular weight is 368 g/mol. The molecule has 2 rings (SSSR count). The van der Waals surface area contributed by atoms with Crippen LogP contribution in [0.15, 0.2) is 40.9 Å². The molecule has 1 fully saturated rings. The summed E-state index contributed by atoms with van der Waals surface area (Å²) in [6, 6.07) is 11.5. The highest BCUT2D eigenvalue weighted by Crippen LogP contribution is 2.75. The van der Waals surface area contributed by atoms with E-state index in [9.17, 15) is 10.1 Å². The zero-order valence-electron chi connectivity index (χ0n) is 13.8. The maximum atomic E-state index is 12.9. The van der Waals surface area contributed by atoms with E-state index in [1.165, 1.54) is 7.11 Å².